The lowest BCUT2D eigenvalue weighted by Gasteiger charge is -2.11. The monoisotopic (exact) mass is 370 g/mol. The van der Waals surface area contributed by atoms with Crippen LogP contribution in [0.1, 0.15) is 10.4 Å². The van der Waals surface area contributed by atoms with E-state index in [1.807, 2.05) is 54.6 Å². The van der Waals surface area contributed by atoms with Gasteiger partial charge in [0.05, 0.1) is 12.6 Å². The van der Waals surface area contributed by atoms with Gasteiger partial charge in [0.1, 0.15) is 17.2 Å². The van der Waals surface area contributed by atoms with Crippen molar-refractivity contribution >= 4 is 22.5 Å². The number of methoxy groups -OCH3 is 1. The van der Waals surface area contributed by atoms with Crippen molar-refractivity contribution in [3.63, 3.8) is 0 Å². The molecule has 0 bridgehead atoms. The number of pyridine rings is 1. The maximum Gasteiger partial charge on any atom is 0.255 e. The number of para-hydroxylation sites is 1. The molecule has 1 heterocycles. The lowest BCUT2D eigenvalue weighted by Crippen LogP contribution is -2.11. The molecule has 0 aliphatic carbocycles. The van der Waals surface area contributed by atoms with Crippen molar-refractivity contribution in [2.24, 2.45) is 0 Å². The first-order valence-electron chi connectivity index (χ1n) is 8.80. The van der Waals surface area contributed by atoms with E-state index in [-0.39, 0.29) is 5.91 Å². The van der Waals surface area contributed by atoms with Crippen LogP contribution in [-0.2, 0) is 0 Å². The zero-order valence-corrected chi connectivity index (χ0v) is 15.3. The third kappa shape index (κ3) is 3.78. The van der Waals surface area contributed by atoms with Crippen molar-refractivity contribution in [1.82, 2.24) is 4.98 Å². The van der Waals surface area contributed by atoms with Gasteiger partial charge in [-0.15, -0.1) is 0 Å². The number of nitrogens with zero attached hydrogens (tertiary/aromatic N) is 1. The number of carbonyl (C=O) groups excluding carboxylic acids is 1. The van der Waals surface area contributed by atoms with Crippen molar-refractivity contribution in [3.8, 4) is 17.2 Å². The fourth-order valence-corrected chi connectivity index (χ4v) is 2.87. The third-order valence-corrected chi connectivity index (χ3v) is 4.26. The topological polar surface area (TPSA) is 60.5 Å². The number of amides is 1. The van der Waals surface area contributed by atoms with E-state index in [1.165, 1.54) is 0 Å². The van der Waals surface area contributed by atoms with E-state index in [0.717, 1.165) is 16.6 Å². The Morgan fingerprint density at radius 1 is 0.893 bits per heavy atom. The standard InChI is InChI=1S/C23H18N2O3/c1-27-18-8-5-9-19(15-18)28-22-12-13-24-21-11-10-16(14-20(21)22)23(26)25-17-6-3-2-4-7-17/h2-15H,1H3,(H,25,26). The van der Waals surface area contributed by atoms with Crippen molar-refractivity contribution in [1.29, 1.82) is 0 Å². The number of fused-ring (bicyclic) bond motifs is 1. The van der Waals surface area contributed by atoms with Gasteiger partial charge in [0.25, 0.3) is 5.91 Å². The largest absolute Gasteiger partial charge is 0.497 e. The number of rotatable bonds is 5. The molecule has 1 N–H and O–H groups in total. The Kier molecular flexibility index (Phi) is 4.89. The minimum atomic E-state index is -0.190. The number of hydrogen-bond acceptors (Lipinski definition) is 4. The molecule has 1 aromatic heterocycles. The molecule has 4 aromatic rings. The van der Waals surface area contributed by atoms with Crippen molar-refractivity contribution in [2.45, 2.75) is 0 Å². The van der Waals surface area contributed by atoms with Gasteiger partial charge in [0.15, 0.2) is 0 Å². The van der Waals surface area contributed by atoms with Gasteiger partial charge in [-0.05, 0) is 48.5 Å². The third-order valence-electron chi connectivity index (χ3n) is 4.26. The quantitative estimate of drug-likeness (QED) is 0.519. The Bertz CT molecular complexity index is 1130. The molecule has 0 atom stereocenters. The Hall–Kier alpha value is -3.86. The van der Waals surface area contributed by atoms with E-state index in [2.05, 4.69) is 10.3 Å². The summed E-state index contributed by atoms with van der Waals surface area (Å²) in [5, 5.41) is 3.65. The molecule has 0 saturated heterocycles. The van der Waals surface area contributed by atoms with E-state index >= 15 is 0 Å². The average molecular weight is 370 g/mol. The molecule has 0 aliphatic rings. The summed E-state index contributed by atoms with van der Waals surface area (Å²) < 4.78 is 11.3. The molecule has 28 heavy (non-hydrogen) atoms. The number of hydrogen-bond donors (Lipinski definition) is 1. The molecule has 0 saturated carbocycles. The van der Waals surface area contributed by atoms with Crippen LogP contribution in [0.2, 0.25) is 0 Å². The zero-order valence-electron chi connectivity index (χ0n) is 15.3. The summed E-state index contributed by atoms with van der Waals surface area (Å²) >= 11 is 0. The summed E-state index contributed by atoms with van der Waals surface area (Å²) in [4.78, 5) is 17.0. The van der Waals surface area contributed by atoms with Gasteiger partial charge >= 0.3 is 0 Å². The molecule has 0 spiro atoms. The van der Waals surface area contributed by atoms with Crippen LogP contribution in [0.3, 0.4) is 0 Å². The van der Waals surface area contributed by atoms with Gasteiger partial charge in [0.2, 0.25) is 0 Å². The van der Waals surface area contributed by atoms with Gasteiger partial charge in [-0.2, -0.15) is 0 Å². The first kappa shape index (κ1) is 17.5. The SMILES string of the molecule is COc1cccc(Oc2ccnc3ccc(C(=O)Nc4ccccc4)cc23)c1. The summed E-state index contributed by atoms with van der Waals surface area (Å²) in [5.74, 6) is 1.78. The van der Waals surface area contributed by atoms with E-state index < -0.39 is 0 Å². The fraction of sp³-hybridized carbons (Fsp3) is 0.0435. The second-order valence-electron chi connectivity index (χ2n) is 6.14. The molecule has 0 aliphatic heterocycles. The van der Waals surface area contributed by atoms with E-state index in [4.69, 9.17) is 9.47 Å². The van der Waals surface area contributed by atoms with Gasteiger partial charge in [0, 0.05) is 28.9 Å². The lowest BCUT2D eigenvalue weighted by atomic mass is 10.1. The molecule has 0 radical (unpaired) electrons. The molecule has 5 nitrogen and oxygen atoms in total. The molecule has 1 amide bonds. The molecule has 3 aromatic carbocycles. The molecule has 0 unspecified atom stereocenters. The number of anilines is 1. The molecule has 0 fully saturated rings. The molecule has 5 heteroatoms. The van der Waals surface area contributed by atoms with Crippen LogP contribution in [0.15, 0.2) is 85.1 Å². The van der Waals surface area contributed by atoms with Crippen LogP contribution < -0.4 is 14.8 Å². The first-order valence-corrected chi connectivity index (χ1v) is 8.80. The van der Waals surface area contributed by atoms with Crippen LogP contribution in [-0.4, -0.2) is 18.0 Å². The minimum Gasteiger partial charge on any atom is -0.497 e. The van der Waals surface area contributed by atoms with E-state index in [0.29, 0.717) is 22.8 Å². The van der Waals surface area contributed by atoms with Crippen LogP contribution in [0, 0.1) is 0 Å². The van der Waals surface area contributed by atoms with Gasteiger partial charge in [-0.25, -0.2) is 0 Å². The maximum atomic E-state index is 12.6. The highest BCUT2D eigenvalue weighted by Gasteiger charge is 2.11. The summed E-state index contributed by atoms with van der Waals surface area (Å²) in [6.45, 7) is 0. The highest BCUT2D eigenvalue weighted by Crippen LogP contribution is 2.31. The number of ether oxygens (including phenoxy) is 2. The van der Waals surface area contributed by atoms with Gasteiger partial charge in [-0.3, -0.25) is 9.78 Å². The Morgan fingerprint density at radius 3 is 2.54 bits per heavy atom. The molecular formula is C23H18N2O3. The highest BCUT2D eigenvalue weighted by molar-refractivity contribution is 6.06. The predicted octanol–water partition coefficient (Wildman–Crippen LogP) is 5.29. The van der Waals surface area contributed by atoms with Crippen LogP contribution in [0.25, 0.3) is 10.9 Å². The lowest BCUT2D eigenvalue weighted by molar-refractivity contribution is 0.102. The molecule has 138 valence electrons. The Balaban J connectivity index is 1.66. The van der Waals surface area contributed by atoms with Gasteiger partial charge in [-0.1, -0.05) is 24.3 Å². The number of aromatic nitrogens is 1. The maximum absolute atomic E-state index is 12.6. The highest BCUT2D eigenvalue weighted by atomic mass is 16.5. The summed E-state index contributed by atoms with van der Waals surface area (Å²) in [5.41, 5.74) is 2.02. The molecular weight excluding hydrogens is 352 g/mol. The second kappa shape index (κ2) is 7.80. The summed E-state index contributed by atoms with van der Waals surface area (Å²) in [6.07, 6.45) is 1.68. The Labute approximate surface area is 162 Å². The van der Waals surface area contributed by atoms with Crippen molar-refractivity contribution in [2.75, 3.05) is 12.4 Å². The van der Waals surface area contributed by atoms with Crippen LogP contribution in [0.5, 0.6) is 17.2 Å². The van der Waals surface area contributed by atoms with E-state index in [1.54, 1.807) is 37.6 Å². The van der Waals surface area contributed by atoms with E-state index in [9.17, 15) is 4.79 Å². The summed E-state index contributed by atoms with van der Waals surface area (Å²) in [6, 6.07) is 23.8. The minimum absolute atomic E-state index is 0.190. The van der Waals surface area contributed by atoms with Crippen molar-refractivity contribution < 1.29 is 14.3 Å². The number of benzene rings is 3. The van der Waals surface area contributed by atoms with Crippen LogP contribution in [0.4, 0.5) is 5.69 Å². The second-order valence-corrected chi connectivity index (χ2v) is 6.14. The zero-order chi connectivity index (χ0) is 19.3. The average Bonchev–Trinajstić information content (AvgIpc) is 2.74. The summed E-state index contributed by atoms with van der Waals surface area (Å²) in [7, 11) is 1.61. The predicted molar refractivity (Wildman–Crippen MR) is 109 cm³/mol. The Morgan fingerprint density at radius 2 is 1.71 bits per heavy atom. The first-order chi connectivity index (χ1) is 13.7. The number of carbonyl (C=O) groups is 1. The molecule has 4 rings (SSSR count). The van der Waals surface area contributed by atoms with Crippen molar-refractivity contribution in [3.05, 3.63) is 90.6 Å². The number of nitrogens with one attached hydrogen (secondary N) is 1. The smallest absolute Gasteiger partial charge is 0.255 e. The fourth-order valence-electron chi connectivity index (χ4n) is 2.87. The normalized spacial score (nSPS) is 10.5. The van der Waals surface area contributed by atoms with Gasteiger partial charge < -0.3 is 14.8 Å². The van der Waals surface area contributed by atoms with Crippen LogP contribution >= 0.6 is 0 Å².